The highest BCUT2D eigenvalue weighted by Crippen LogP contribution is 2.26. The van der Waals surface area contributed by atoms with Crippen LogP contribution in [0, 0.1) is 5.92 Å². The maximum Gasteiger partial charge on any atom is 0.417 e. The van der Waals surface area contributed by atoms with Gasteiger partial charge in [0, 0.05) is 5.92 Å². The zero-order valence-electron chi connectivity index (χ0n) is 12.8. The summed E-state index contributed by atoms with van der Waals surface area (Å²) in [5.74, 6) is -1.24. The number of hydrogen-bond acceptors (Lipinski definition) is 5. The van der Waals surface area contributed by atoms with Gasteiger partial charge >= 0.3 is 12.1 Å². The molecule has 1 rings (SSSR count). The number of rotatable bonds is 2. The van der Waals surface area contributed by atoms with E-state index in [-0.39, 0.29) is 18.4 Å². The van der Waals surface area contributed by atoms with Gasteiger partial charge in [-0.3, -0.25) is 4.79 Å². The Labute approximate surface area is 119 Å². The van der Waals surface area contributed by atoms with Crippen LogP contribution in [0.2, 0.25) is 0 Å². The normalized spacial score (nSPS) is 23.4. The number of esters is 1. The van der Waals surface area contributed by atoms with E-state index in [0.717, 1.165) is 4.90 Å². The molecule has 0 aliphatic carbocycles. The van der Waals surface area contributed by atoms with Crippen LogP contribution in [0.15, 0.2) is 0 Å². The van der Waals surface area contributed by atoms with E-state index in [2.05, 4.69) is 0 Å². The van der Waals surface area contributed by atoms with E-state index in [9.17, 15) is 14.4 Å². The number of imide groups is 1. The van der Waals surface area contributed by atoms with E-state index in [1.807, 2.05) is 0 Å². The van der Waals surface area contributed by atoms with Crippen molar-refractivity contribution in [1.82, 2.24) is 4.90 Å². The Hall–Kier alpha value is -1.59. The van der Waals surface area contributed by atoms with Crippen LogP contribution in [-0.2, 0) is 19.1 Å². The van der Waals surface area contributed by atoms with E-state index < -0.39 is 23.7 Å². The van der Waals surface area contributed by atoms with Crippen molar-refractivity contribution in [2.45, 2.75) is 59.1 Å². The Morgan fingerprint density at radius 1 is 1.30 bits per heavy atom. The van der Waals surface area contributed by atoms with Crippen LogP contribution in [0.4, 0.5) is 4.79 Å². The van der Waals surface area contributed by atoms with Crippen LogP contribution >= 0.6 is 0 Å². The van der Waals surface area contributed by atoms with Gasteiger partial charge in [0.25, 0.3) is 0 Å². The highest BCUT2D eigenvalue weighted by Gasteiger charge is 2.43. The summed E-state index contributed by atoms with van der Waals surface area (Å²) in [5, 5.41) is 0. The number of ether oxygens (including phenoxy) is 2. The third-order valence-corrected chi connectivity index (χ3v) is 2.99. The van der Waals surface area contributed by atoms with Gasteiger partial charge in [-0.05, 0) is 40.5 Å². The molecule has 20 heavy (non-hydrogen) atoms. The van der Waals surface area contributed by atoms with E-state index in [1.54, 1.807) is 34.6 Å². The molecule has 6 nitrogen and oxygen atoms in total. The molecule has 0 radical (unpaired) electrons. The summed E-state index contributed by atoms with van der Waals surface area (Å²) < 4.78 is 10.1. The predicted molar refractivity (Wildman–Crippen MR) is 71.9 cm³/mol. The molecule has 1 aliphatic heterocycles. The lowest BCUT2D eigenvalue weighted by molar-refractivity contribution is -0.158. The monoisotopic (exact) mass is 285 g/mol. The topological polar surface area (TPSA) is 72.9 Å². The number of hydrogen-bond donors (Lipinski definition) is 0. The molecule has 114 valence electrons. The zero-order chi connectivity index (χ0) is 15.5. The standard InChI is InChI=1S/C14H23NO5/c1-6-19-12(17)10-8-7-9(2)11(16)15(10)13(18)20-14(3,4)5/h9-10H,6-8H2,1-5H3. The largest absolute Gasteiger partial charge is 0.464 e. The highest BCUT2D eigenvalue weighted by atomic mass is 16.6. The molecule has 0 N–H and O–H groups in total. The lowest BCUT2D eigenvalue weighted by atomic mass is 9.93. The van der Waals surface area contributed by atoms with E-state index >= 15 is 0 Å². The number of nitrogens with zero attached hydrogens (tertiary/aromatic N) is 1. The Kier molecular flexibility index (Phi) is 5.14. The Balaban J connectivity index is 2.95. The van der Waals surface area contributed by atoms with Crippen LogP contribution in [0.3, 0.4) is 0 Å². The third-order valence-electron chi connectivity index (χ3n) is 2.99. The van der Waals surface area contributed by atoms with Gasteiger partial charge in [-0.25, -0.2) is 14.5 Å². The first-order valence-electron chi connectivity index (χ1n) is 6.90. The minimum absolute atomic E-state index is 0.210. The molecular weight excluding hydrogens is 262 g/mol. The second-order valence-corrected chi connectivity index (χ2v) is 5.93. The molecular formula is C14H23NO5. The molecule has 0 aromatic carbocycles. The van der Waals surface area contributed by atoms with Gasteiger partial charge in [0.15, 0.2) is 0 Å². The van der Waals surface area contributed by atoms with E-state index in [0.29, 0.717) is 12.8 Å². The van der Waals surface area contributed by atoms with Crippen molar-refractivity contribution in [3.8, 4) is 0 Å². The van der Waals surface area contributed by atoms with E-state index in [1.165, 1.54) is 0 Å². The van der Waals surface area contributed by atoms with Crippen LogP contribution in [0.5, 0.6) is 0 Å². The van der Waals surface area contributed by atoms with Gasteiger partial charge in [-0.2, -0.15) is 0 Å². The van der Waals surface area contributed by atoms with Gasteiger partial charge < -0.3 is 9.47 Å². The van der Waals surface area contributed by atoms with Crippen LogP contribution in [-0.4, -0.2) is 41.1 Å². The van der Waals surface area contributed by atoms with Gasteiger partial charge in [-0.1, -0.05) is 6.92 Å². The average Bonchev–Trinajstić information content (AvgIpc) is 2.30. The fraction of sp³-hybridized carbons (Fsp3) is 0.786. The van der Waals surface area contributed by atoms with Gasteiger partial charge in [0.05, 0.1) is 6.61 Å². The fourth-order valence-electron chi connectivity index (χ4n) is 2.04. The minimum atomic E-state index is -0.881. The maximum absolute atomic E-state index is 12.2. The number of amides is 2. The van der Waals surface area contributed by atoms with E-state index in [4.69, 9.17) is 9.47 Å². The second kappa shape index (κ2) is 6.24. The van der Waals surface area contributed by atoms with Crippen molar-refractivity contribution in [1.29, 1.82) is 0 Å². The Morgan fingerprint density at radius 3 is 2.40 bits per heavy atom. The van der Waals surface area contributed by atoms with Crippen LogP contribution in [0.25, 0.3) is 0 Å². The predicted octanol–water partition coefficient (Wildman–Crippen LogP) is 2.11. The van der Waals surface area contributed by atoms with Crippen molar-refractivity contribution >= 4 is 18.0 Å². The molecule has 1 saturated heterocycles. The van der Waals surface area contributed by atoms with Crippen molar-refractivity contribution in [3.05, 3.63) is 0 Å². The maximum atomic E-state index is 12.2. The molecule has 1 fully saturated rings. The summed E-state index contributed by atoms with van der Waals surface area (Å²) in [7, 11) is 0. The summed E-state index contributed by atoms with van der Waals surface area (Å²) in [5.41, 5.74) is -0.725. The smallest absolute Gasteiger partial charge is 0.417 e. The molecule has 0 bridgehead atoms. The molecule has 1 heterocycles. The molecule has 0 saturated carbocycles. The molecule has 2 amide bonds. The summed E-state index contributed by atoms with van der Waals surface area (Å²) >= 11 is 0. The Bertz CT molecular complexity index is 399. The quantitative estimate of drug-likeness (QED) is 0.726. The Morgan fingerprint density at radius 2 is 1.90 bits per heavy atom. The molecule has 0 spiro atoms. The summed E-state index contributed by atoms with van der Waals surface area (Å²) in [6.07, 6.45) is 0.180. The molecule has 2 unspecified atom stereocenters. The first-order valence-corrected chi connectivity index (χ1v) is 6.90. The van der Waals surface area contributed by atoms with Crippen molar-refractivity contribution in [2.24, 2.45) is 5.92 Å². The van der Waals surface area contributed by atoms with Crippen molar-refractivity contribution in [3.63, 3.8) is 0 Å². The summed E-state index contributed by atoms with van der Waals surface area (Å²) in [4.78, 5) is 37.2. The molecule has 2 atom stereocenters. The SMILES string of the molecule is CCOC(=O)C1CCC(C)C(=O)N1C(=O)OC(C)(C)C. The average molecular weight is 285 g/mol. The molecule has 1 aliphatic rings. The second-order valence-electron chi connectivity index (χ2n) is 5.93. The van der Waals surface area contributed by atoms with Gasteiger partial charge in [-0.15, -0.1) is 0 Å². The summed E-state index contributed by atoms with van der Waals surface area (Å²) in [6.45, 7) is 8.76. The summed E-state index contributed by atoms with van der Waals surface area (Å²) in [6, 6.07) is -0.881. The van der Waals surface area contributed by atoms with Crippen LogP contribution in [0.1, 0.15) is 47.5 Å². The first kappa shape index (κ1) is 16.5. The third kappa shape index (κ3) is 3.95. The molecule has 6 heteroatoms. The fourth-order valence-corrected chi connectivity index (χ4v) is 2.04. The molecule has 0 aromatic rings. The highest BCUT2D eigenvalue weighted by molar-refractivity contribution is 5.98. The lowest BCUT2D eigenvalue weighted by Crippen LogP contribution is -2.55. The van der Waals surface area contributed by atoms with Gasteiger partial charge in [0.2, 0.25) is 5.91 Å². The minimum Gasteiger partial charge on any atom is -0.464 e. The first-order chi connectivity index (χ1) is 9.17. The van der Waals surface area contributed by atoms with Crippen LogP contribution < -0.4 is 0 Å². The van der Waals surface area contributed by atoms with Crippen molar-refractivity contribution in [2.75, 3.05) is 6.61 Å². The lowest BCUT2D eigenvalue weighted by Gasteiger charge is -2.36. The number of piperidine rings is 1. The number of likely N-dealkylation sites (tertiary alicyclic amines) is 1. The zero-order valence-corrected chi connectivity index (χ0v) is 12.8. The number of carbonyl (C=O) groups is 3. The molecule has 0 aromatic heterocycles. The van der Waals surface area contributed by atoms with Crippen molar-refractivity contribution < 1.29 is 23.9 Å². The van der Waals surface area contributed by atoms with Gasteiger partial charge in [0.1, 0.15) is 11.6 Å². The number of carbonyl (C=O) groups excluding carboxylic acids is 3.